The molecule has 0 atom stereocenters. The van der Waals surface area contributed by atoms with Crippen molar-refractivity contribution in [3.05, 3.63) is 59.9 Å². The van der Waals surface area contributed by atoms with Gasteiger partial charge in [0.15, 0.2) is 5.78 Å². The summed E-state index contributed by atoms with van der Waals surface area (Å²) >= 11 is 0. The van der Waals surface area contributed by atoms with Crippen LogP contribution in [-0.2, 0) is 23.0 Å². The third-order valence-corrected chi connectivity index (χ3v) is 5.06. The van der Waals surface area contributed by atoms with Crippen LogP contribution in [0.25, 0.3) is 11.0 Å². The predicted octanol–water partition coefficient (Wildman–Crippen LogP) is 2.77. The number of fused-ring (bicyclic) bond motifs is 1. The van der Waals surface area contributed by atoms with E-state index >= 15 is 0 Å². The van der Waals surface area contributed by atoms with Crippen molar-refractivity contribution >= 4 is 26.8 Å². The number of nitrogens with zero attached hydrogens (tertiary/aromatic N) is 2. The van der Waals surface area contributed by atoms with E-state index in [1.165, 1.54) is 24.3 Å². The van der Waals surface area contributed by atoms with Gasteiger partial charge in [-0.3, -0.25) is 4.79 Å². The molecule has 1 aromatic heterocycles. The Morgan fingerprint density at radius 1 is 1.12 bits per heavy atom. The molecule has 3 rings (SSSR count). The molecule has 136 valence electrons. The summed E-state index contributed by atoms with van der Waals surface area (Å²) in [5, 5.41) is 5.10. The van der Waals surface area contributed by atoms with E-state index in [1.807, 2.05) is 28.8 Å². The summed E-state index contributed by atoms with van der Waals surface area (Å²) in [6.07, 6.45) is 0.770. The zero-order valence-electron chi connectivity index (χ0n) is 14.7. The zero-order valence-corrected chi connectivity index (χ0v) is 15.5. The van der Waals surface area contributed by atoms with E-state index in [9.17, 15) is 13.2 Å². The molecule has 0 radical (unpaired) electrons. The van der Waals surface area contributed by atoms with Crippen LogP contribution in [0, 0.1) is 5.92 Å². The fourth-order valence-corrected chi connectivity index (χ4v) is 3.40. The lowest BCUT2D eigenvalue weighted by Crippen LogP contribution is -2.15. The molecule has 3 aromatic rings. The third kappa shape index (κ3) is 3.84. The summed E-state index contributed by atoms with van der Waals surface area (Å²) < 4.78 is 24.6. The molecule has 26 heavy (non-hydrogen) atoms. The first kappa shape index (κ1) is 18.3. The van der Waals surface area contributed by atoms with Gasteiger partial charge in [-0.25, -0.2) is 18.5 Å². The molecule has 0 saturated heterocycles. The number of hydrogen-bond donors (Lipinski definition) is 1. The summed E-state index contributed by atoms with van der Waals surface area (Å²) in [7, 11) is -3.77. The summed E-state index contributed by atoms with van der Waals surface area (Å²) in [6, 6.07) is 13.4. The van der Waals surface area contributed by atoms with Gasteiger partial charge in [0.1, 0.15) is 5.82 Å². The van der Waals surface area contributed by atoms with Gasteiger partial charge < -0.3 is 4.57 Å². The molecule has 0 spiro atoms. The average Bonchev–Trinajstić information content (AvgIpc) is 2.91. The van der Waals surface area contributed by atoms with Gasteiger partial charge in [-0.15, -0.1) is 0 Å². The number of carbonyl (C=O) groups is 1. The fourth-order valence-electron chi connectivity index (χ4n) is 2.89. The fraction of sp³-hybridized carbons (Fsp3) is 0.263. The average molecular weight is 371 g/mol. The Hall–Kier alpha value is -2.51. The van der Waals surface area contributed by atoms with Gasteiger partial charge in [-0.1, -0.05) is 26.0 Å². The van der Waals surface area contributed by atoms with Crippen LogP contribution in [0.2, 0.25) is 0 Å². The van der Waals surface area contributed by atoms with Gasteiger partial charge in [-0.2, -0.15) is 0 Å². The van der Waals surface area contributed by atoms with E-state index in [4.69, 9.17) is 5.14 Å². The largest absolute Gasteiger partial charge is 0.320 e. The van der Waals surface area contributed by atoms with Crippen LogP contribution in [0.1, 0.15) is 30.0 Å². The maximum Gasteiger partial charge on any atom is 0.238 e. The Morgan fingerprint density at radius 2 is 1.77 bits per heavy atom. The molecule has 0 aliphatic rings. The van der Waals surface area contributed by atoms with Crippen LogP contribution in [-0.4, -0.2) is 23.8 Å². The summed E-state index contributed by atoms with van der Waals surface area (Å²) in [5.74, 6) is 1.17. The van der Waals surface area contributed by atoms with E-state index in [-0.39, 0.29) is 17.2 Å². The molecule has 0 unspecified atom stereocenters. The van der Waals surface area contributed by atoms with Crippen molar-refractivity contribution in [3.8, 4) is 0 Å². The van der Waals surface area contributed by atoms with Crippen molar-refractivity contribution in [2.45, 2.75) is 31.7 Å². The lowest BCUT2D eigenvalue weighted by atomic mass is 10.1. The Morgan fingerprint density at radius 3 is 2.38 bits per heavy atom. The van der Waals surface area contributed by atoms with E-state index in [1.54, 1.807) is 0 Å². The Kier molecular flexibility index (Phi) is 4.93. The molecule has 0 saturated carbocycles. The second kappa shape index (κ2) is 7.01. The van der Waals surface area contributed by atoms with Gasteiger partial charge in [0.05, 0.1) is 22.5 Å². The Bertz CT molecular complexity index is 1050. The number of benzene rings is 2. The number of Topliss-reactive ketones (excluding diaryl/α,β-unsaturated/α-hetero) is 1. The SMILES string of the molecule is CC(C)Cc1nc2ccccc2n1CC(=O)c1ccc(S(N)(=O)=O)cc1. The molecule has 2 N–H and O–H groups in total. The smallest absolute Gasteiger partial charge is 0.238 e. The number of sulfonamides is 1. The number of ketones is 1. The normalized spacial score (nSPS) is 12.0. The Balaban J connectivity index is 1.94. The maximum atomic E-state index is 12.7. The number of primary sulfonamides is 1. The van der Waals surface area contributed by atoms with Gasteiger partial charge >= 0.3 is 0 Å². The predicted molar refractivity (Wildman–Crippen MR) is 100 cm³/mol. The van der Waals surface area contributed by atoms with Gasteiger partial charge in [-0.05, 0) is 42.3 Å². The van der Waals surface area contributed by atoms with Crippen LogP contribution in [0.3, 0.4) is 0 Å². The number of para-hydroxylation sites is 2. The molecule has 7 heteroatoms. The minimum absolute atomic E-state index is 0.0115. The number of hydrogen-bond acceptors (Lipinski definition) is 4. The van der Waals surface area contributed by atoms with Crippen LogP contribution < -0.4 is 5.14 Å². The maximum absolute atomic E-state index is 12.7. The van der Waals surface area contributed by atoms with Crippen LogP contribution in [0.5, 0.6) is 0 Å². The molecule has 0 fully saturated rings. The quantitative estimate of drug-likeness (QED) is 0.674. The number of aromatic nitrogens is 2. The molecule has 2 aromatic carbocycles. The van der Waals surface area contributed by atoms with Crippen molar-refractivity contribution in [1.82, 2.24) is 9.55 Å². The van der Waals surface area contributed by atoms with E-state index < -0.39 is 10.0 Å². The minimum atomic E-state index is -3.77. The van der Waals surface area contributed by atoms with E-state index in [0.717, 1.165) is 23.3 Å². The topological polar surface area (TPSA) is 95.0 Å². The lowest BCUT2D eigenvalue weighted by molar-refractivity contribution is 0.0972. The first-order valence-electron chi connectivity index (χ1n) is 8.36. The van der Waals surface area contributed by atoms with Crippen molar-refractivity contribution in [1.29, 1.82) is 0 Å². The van der Waals surface area contributed by atoms with E-state index in [0.29, 0.717) is 11.5 Å². The van der Waals surface area contributed by atoms with Crippen molar-refractivity contribution in [2.75, 3.05) is 0 Å². The number of rotatable bonds is 6. The third-order valence-electron chi connectivity index (χ3n) is 4.13. The molecular weight excluding hydrogens is 350 g/mol. The highest BCUT2D eigenvalue weighted by molar-refractivity contribution is 7.89. The van der Waals surface area contributed by atoms with Crippen molar-refractivity contribution in [3.63, 3.8) is 0 Å². The molecule has 1 heterocycles. The second-order valence-electron chi connectivity index (χ2n) is 6.69. The summed E-state index contributed by atoms with van der Waals surface area (Å²) in [5.41, 5.74) is 2.21. The summed E-state index contributed by atoms with van der Waals surface area (Å²) in [6.45, 7) is 4.37. The van der Waals surface area contributed by atoms with Crippen LogP contribution in [0.15, 0.2) is 53.4 Å². The molecule has 0 bridgehead atoms. The first-order chi connectivity index (χ1) is 12.3. The van der Waals surface area contributed by atoms with Crippen LogP contribution >= 0.6 is 0 Å². The monoisotopic (exact) mass is 371 g/mol. The highest BCUT2D eigenvalue weighted by Crippen LogP contribution is 2.19. The molecule has 0 amide bonds. The van der Waals surface area contributed by atoms with Crippen molar-refractivity contribution < 1.29 is 13.2 Å². The first-order valence-corrected chi connectivity index (χ1v) is 9.90. The molecule has 0 aliphatic heterocycles. The van der Waals surface area contributed by atoms with Gasteiger partial charge in [0, 0.05) is 12.0 Å². The summed E-state index contributed by atoms with van der Waals surface area (Å²) in [4.78, 5) is 17.4. The van der Waals surface area contributed by atoms with Gasteiger partial charge in [0.2, 0.25) is 10.0 Å². The number of carbonyl (C=O) groups excluding carboxylic acids is 1. The minimum Gasteiger partial charge on any atom is -0.320 e. The molecule has 0 aliphatic carbocycles. The Labute approximate surface area is 152 Å². The van der Waals surface area contributed by atoms with E-state index in [2.05, 4.69) is 18.8 Å². The lowest BCUT2D eigenvalue weighted by Gasteiger charge is -2.10. The molecule has 6 nitrogen and oxygen atoms in total. The number of nitrogens with two attached hydrogens (primary N) is 1. The van der Waals surface area contributed by atoms with Crippen molar-refractivity contribution in [2.24, 2.45) is 11.1 Å². The zero-order chi connectivity index (χ0) is 18.9. The second-order valence-corrected chi connectivity index (χ2v) is 8.25. The number of imidazole rings is 1. The standard InChI is InChI=1S/C19H21N3O3S/c1-13(2)11-19-21-16-5-3-4-6-17(16)22(19)12-18(23)14-7-9-15(10-8-14)26(20,24)25/h3-10,13H,11-12H2,1-2H3,(H2,20,24,25). The molecular formula is C19H21N3O3S. The van der Waals surface area contributed by atoms with Crippen LogP contribution in [0.4, 0.5) is 0 Å². The highest BCUT2D eigenvalue weighted by atomic mass is 32.2. The van der Waals surface area contributed by atoms with Gasteiger partial charge in [0.25, 0.3) is 0 Å². The highest BCUT2D eigenvalue weighted by Gasteiger charge is 2.16.